The predicted molar refractivity (Wildman–Crippen MR) is 110 cm³/mol. The van der Waals surface area contributed by atoms with Crippen LogP contribution in [0.1, 0.15) is 105 Å². The van der Waals surface area contributed by atoms with Crippen molar-refractivity contribution in [2.45, 2.75) is 105 Å². The molecule has 0 aromatic heterocycles. The Morgan fingerprint density at radius 3 is 2.44 bits per heavy atom. The van der Waals surface area contributed by atoms with Crippen molar-refractivity contribution < 1.29 is 9.90 Å². The summed E-state index contributed by atoms with van der Waals surface area (Å²) in [7, 11) is 0. The van der Waals surface area contributed by atoms with Gasteiger partial charge in [-0.15, -0.1) is 0 Å². The second-order valence-corrected chi connectivity index (χ2v) is 11.7. The molecule has 0 aromatic carbocycles. The van der Waals surface area contributed by atoms with Crippen molar-refractivity contribution in [3.05, 3.63) is 0 Å². The predicted octanol–water partition coefficient (Wildman–Crippen LogP) is 6.93. The standard InChI is InChI=1S/C25H42O2/c1-17(7-10-22(26)27)19-8-9-20-18-11-15-23(2)13-5-6-14-25(23,4)21(18)12-16-24(19,20)3/h17-21H,5-16H2,1-4H3,(H,26,27)/t17?,18?,19?,20?,21?,23?,24-,25-/m1/s1. The minimum atomic E-state index is -0.623. The van der Waals surface area contributed by atoms with E-state index in [2.05, 4.69) is 27.7 Å². The van der Waals surface area contributed by atoms with Crippen LogP contribution in [0.4, 0.5) is 0 Å². The van der Waals surface area contributed by atoms with E-state index < -0.39 is 5.97 Å². The van der Waals surface area contributed by atoms with E-state index in [9.17, 15) is 4.79 Å². The highest BCUT2D eigenvalue weighted by Gasteiger charge is 2.62. The summed E-state index contributed by atoms with van der Waals surface area (Å²) in [5, 5.41) is 9.12. The highest BCUT2D eigenvalue weighted by molar-refractivity contribution is 5.66. The van der Waals surface area contributed by atoms with Crippen LogP contribution < -0.4 is 0 Å². The maximum absolute atomic E-state index is 11.1. The third kappa shape index (κ3) is 2.91. The zero-order valence-electron chi connectivity index (χ0n) is 18.2. The highest BCUT2D eigenvalue weighted by Crippen LogP contribution is 2.71. The molecule has 0 spiro atoms. The van der Waals surface area contributed by atoms with Crippen molar-refractivity contribution >= 4 is 5.97 Å². The molecule has 0 saturated heterocycles. The van der Waals surface area contributed by atoms with E-state index >= 15 is 0 Å². The summed E-state index contributed by atoms with van der Waals surface area (Å²) in [6.45, 7) is 10.2. The molecule has 0 aliphatic heterocycles. The maximum atomic E-state index is 11.1. The molecular weight excluding hydrogens is 332 g/mol. The largest absolute Gasteiger partial charge is 0.481 e. The molecule has 4 aliphatic rings. The van der Waals surface area contributed by atoms with Crippen LogP contribution in [0.25, 0.3) is 0 Å². The van der Waals surface area contributed by atoms with Crippen molar-refractivity contribution in [2.24, 2.45) is 45.8 Å². The van der Waals surface area contributed by atoms with Crippen LogP contribution in [-0.2, 0) is 4.79 Å². The van der Waals surface area contributed by atoms with Crippen molar-refractivity contribution in [1.29, 1.82) is 0 Å². The molecule has 4 aliphatic carbocycles. The zero-order valence-corrected chi connectivity index (χ0v) is 18.2. The number of carbonyl (C=O) groups is 1. The number of rotatable bonds is 4. The van der Waals surface area contributed by atoms with Gasteiger partial charge in [0.05, 0.1) is 0 Å². The van der Waals surface area contributed by atoms with Crippen LogP contribution in [0.2, 0.25) is 0 Å². The number of fused-ring (bicyclic) bond motifs is 5. The fraction of sp³-hybridized carbons (Fsp3) is 0.960. The molecular formula is C25H42O2. The first-order valence-electron chi connectivity index (χ1n) is 11.9. The summed E-state index contributed by atoms with van der Waals surface area (Å²) in [4.78, 5) is 11.1. The number of carboxylic acids is 1. The second-order valence-electron chi connectivity index (χ2n) is 11.7. The summed E-state index contributed by atoms with van der Waals surface area (Å²) in [6.07, 6.45) is 15.6. The lowest BCUT2D eigenvalue weighted by molar-refractivity contribution is -0.154. The minimum absolute atomic E-state index is 0.348. The monoisotopic (exact) mass is 374 g/mol. The number of hydrogen-bond acceptors (Lipinski definition) is 1. The third-order valence-electron chi connectivity index (χ3n) is 10.9. The van der Waals surface area contributed by atoms with Gasteiger partial charge in [-0.2, -0.15) is 0 Å². The fourth-order valence-corrected chi connectivity index (χ4v) is 9.13. The average molecular weight is 375 g/mol. The summed E-state index contributed by atoms with van der Waals surface area (Å²) >= 11 is 0. The molecule has 2 nitrogen and oxygen atoms in total. The molecule has 0 radical (unpaired) electrons. The van der Waals surface area contributed by atoms with Crippen LogP contribution in [-0.4, -0.2) is 11.1 Å². The van der Waals surface area contributed by atoms with Gasteiger partial charge in [0.15, 0.2) is 0 Å². The molecule has 4 saturated carbocycles. The van der Waals surface area contributed by atoms with Gasteiger partial charge in [-0.25, -0.2) is 0 Å². The summed E-state index contributed by atoms with van der Waals surface area (Å²) in [5.41, 5.74) is 1.63. The van der Waals surface area contributed by atoms with Gasteiger partial charge in [-0.3, -0.25) is 4.79 Å². The first kappa shape index (κ1) is 19.8. The molecule has 0 bridgehead atoms. The molecule has 8 atom stereocenters. The topological polar surface area (TPSA) is 37.3 Å². The first-order valence-corrected chi connectivity index (χ1v) is 11.9. The maximum Gasteiger partial charge on any atom is 0.303 e. The van der Waals surface area contributed by atoms with Gasteiger partial charge in [0, 0.05) is 6.42 Å². The van der Waals surface area contributed by atoms with E-state index in [4.69, 9.17) is 5.11 Å². The van der Waals surface area contributed by atoms with Gasteiger partial charge in [0.1, 0.15) is 0 Å². The molecule has 2 heteroatoms. The molecule has 0 heterocycles. The molecule has 27 heavy (non-hydrogen) atoms. The number of aliphatic carboxylic acids is 1. The Balaban J connectivity index is 1.54. The van der Waals surface area contributed by atoms with Crippen LogP contribution in [0.15, 0.2) is 0 Å². The third-order valence-corrected chi connectivity index (χ3v) is 10.9. The molecule has 1 N–H and O–H groups in total. The first-order chi connectivity index (χ1) is 12.7. The molecule has 6 unspecified atom stereocenters. The van der Waals surface area contributed by atoms with Gasteiger partial charge in [0.2, 0.25) is 0 Å². The van der Waals surface area contributed by atoms with Gasteiger partial charge < -0.3 is 5.11 Å². The lowest BCUT2D eigenvalue weighted by atomic mass is 9.40. The Bertz CT molecular complexity index is 585. The lowest BCUT2D eigenvalue weighted by Crippen LogP contribution is -2.56. The Morgan fingerprint density at radius 2 is 1.70 bits per heavy atom. The van der Waals surface area contributed by atoms with Crippen molar-refractivity contribution in [3.63, 3.8) is 0 Å². The highest BCUT2D eigenvalue weighted by atomic mass is 16.4. The SMILES string of the molecule is CC(CCC(=O)O)C1CCC2C3CCC4(C)CCCC[C@]4(C)C3CC[C@]12C. The molecule has 0 amide bonds. The van der Waals surface area contributed by atoms with E-state index in [0.717, 1.165) is 30.1 Å². The quantitative estimate of drug-likeness (QED) is 0.579. The van der Waals surface area contributed by atoms with Crippen LogP contribution >= 0.6 is 0 Å². The number of carboxylic acid groups (broad SMARTS) is 1. The van der Waals surface area contributed by atoms with Crippen LogP contribution in [0, 0.1) is 45.8 Å². The summed E-state index contributed by atoms with van der Waals surface area (Å²) in [6, 6.07) is 0. The zero-order chi connectivity index (χ0) is 19.4. The van der Waals surface area contributed by atoms with E-state index in [0.29, 0.717) is 28.6 Å². The second kappa shape index (κ2) is 6.77. The average Bonchev–Trinajstić information content (AvgIpc) is 2.97. The van der Waals surface area contributed by atoms with Crippen molar-refractivity contribution in [2.75, 3.05) is 0 Å². The summed E-state index contributed by atoms with van der Waals surface area (Å²) < 4.78 is 0. The van der Waals surface area contributed by atoms with E-state index in [-0.39, 0.29) is 0 Å². The molecule has 0 aromatic rings. The minimum Gasteiger partial charge on any atom is -0.481 e. The Morgan fingerprint density at radius 1 is 0.963 bits per heavy atom. The number of hydrogen-bond donors (Lipinski definition) is 1. The van der Waals surface area contributed by atoms with Crippen LogP contribution in [0.5, 0.6) is 0 Å². The Hall–Kier alpha value is -0.530. The van der Waals surface area contributed by atoms with Gasteiger partial charge in [0.25, 0.3) is 0 Å². The Labute approximate surface area is 166 Å². The normalized spacial score (nSPS) is 50.4. The molecule has 4 fully saturated rings. The van der Waals surface area contributed by atoms with E-state index in [1.807, 2.05) is 0 Å². The summed E-state index contributed by atoms with van der Waals surface area (Å²) in [5.74, 6) is 3.47. The van der Waals surface area contributed by atoms with Crippen LogP contribution in [0.3, 0.4) is 0 Å². The molecule has 4 rings (SSSR count). The van der Waals surface area contributed by atoms with Gasteiger partial charge in [-0.1, -0.05) is 40.5 Å². The Kier molecular flexibility index (Phi) is 4.96. The lowest BCUT2D eigenvalue weighted by Gasteiger charge is -2.65. The molecule has 154 valence electrons. The van der Waals surface area contributed by atoms with Crippen molar-refractivity contribution in [3.8, 4) is 0 Å². The van der Waals surface area contributed by atoms with E-state index in [1.54, 1.807) is 0 Å². The van der Waals surface area contributed by atoms with E-state index in [1.165, 1.54) is 64.2 Å². The fourth-order valence-electron chi connectivity index (χ4n) is 9.13. The van der Waals surface area contributed by atoms with Gasteiger partial charge in [-0.05, 0) is 104 Å². The smallest absolute Gasteiger partial charge is 0.303 e. The van der Waals surface area contributed by atoms with Crippen molar-refractivity contribution in [1.82, 2.24) is 0 Å². The van der Waals surface area contributed by atoms with Gasteiger partial charge >= 0.3 is 5.97 Å².